The van der Waals surface area contributed by atoms with Gasteiger partial charge in [0.2, 0.25) is 5.91 Å². The highest BCUT2D eigenvalue weighted by molar-refractivity contribution is 5.79. The van der Waals surface area contributed by atoms with Crippen LogP contribution < -0.4 is 16.2 Å². The molecule has 1 aromatic heterocycles. The number of carbonyl (C=O) groups excluding carboxylic acids is 1. The number of carbonyl (C=O) groups is 1. The Balaban J connectivity index is 1.88. The summed E-state index contributed by atoms with van der Waals surface area (Å²) in [6.45, 7) is 6.45. The number of nitrogens with zero attached hydrogens (tertiary/aromatic N) is 4. The van der Waals surface area contributed by atoms with Crippen LogP contribution in [0, 0.1) is 6.92 Å². The number of piperazine rings is 1. The van der Waals surface area contributed by atoms with Gasteiger partial charge in [-0.05, 0) is 13.3 Å². The Bertz CT molecular complexity index is 561. The van der Waals surface area contributed by atoms with E-state index in [1.165, 1.54) is 0 Å². The molecule has 2 aliphatic heterocycles. The van der Waals surface area contributed by atoms with Crippen LogP contribution in [0.1, 0.15) is 31.2 Å². The molecule has 2 saturated heterocycles. The highest BCUT2D eigenvalue weighted by atomic mass is 16.2. The van der Waals surface area contributed by atoms with Gasteiger partial charge in [0.15, 0.2) is 0 Å². The summed E-state index contributed by atoms with van der Waals surface area (Å²) in [7, 11) is 0. The second-order valence-corrected chi connectivity index (χ2v) is 5.66. The van der Waals surface area contributed by atoms with Crippen molar-refractivity contribution in [2.45, 2.75) is 39.2 Å². The molecule has 0 aliphatic carbocycles. The maximum Gasteiger partial charge on any atom is 0.223 e. The summed E-state index contributed by atoms with van der Waals surface area (Å²) in [6.07, 6.45) is 2.39. The van der Waals surface area contributed by atoms with Crippen molar-refractivity contribution in [1.82, 2.24) is 14.9 Å². The number of hydrogen-bond acceptors (Lipinski definition) is 6. The summed E-state index contributed by atoms with van der Waals surface area (Å²) < 4.78 is 0. The van der Waals surface area contributed by atoms with Gasteiger partial charge in [-0.15, -0.1) is 0 Å². The van der Waals surface area contributed by atoms with Crippen LogP contribution in [0.15, 0.2) is 0 Å². The second kappa shape index (κ2) is 5.48. The van der Waals surface area contributed by atoms with Gasteiger partial charge in [-0.3, -0.25) is 4.79 Å². The Morgan fingerprint density at radius 1 is 1.38 bits per heavy atom. The zero-order valence-corrected chi connectivity index (χ0v) is 12.6. The van der Waals surface area contributed by atoms with Crippen molar-refractivity contribution in [3.05, 3.63) is 11.4 Å². The van der Waals surface area contributed by atoms with Crippen LogP contribution in [-0.4, -0.2) is 46.5 Å². The number of fused-ring (bicyclic) bond motifs is 1. The van der Waals surface area contributed by atoms with Gasteiger partial charge in [-0.2, -0.15) is 0 Å². The smallest absolute Gasteiger partial charge is 0.223 e. The number of hydrogen-bond donors (Lipinski definition) is 2. The second-order valence-electron chi connectivity index (χ2n) is 5.66. The van der Waals surface area contributed by atoms with Crippen molar-refractivity contribution >= 4 is 17.5 Å². The number of rotatable bonds is 3. The molecule has 1 atom stereocenters. The normalized spacial score (nSPS) is 21.7. The average Bonchev–Trinajstić information content (AvgIpc) is 2.88. The highest BCUT2D eigenvalue weighted by Gasteiger charge is 2.36. The van der Waals surface area contributed by atoms with Gasteiger partial charge in [0.05, 0.1) is 0 Å². The summed E-state index contributed by atoms with van der Waals surface area (Å²) >= 11 is 0. The number of anilines is 2. The quantitative estimate of drug-likeness (QED) is 0.620. The molecule has 114 valence electrons. The van der Waals surface area contributed by atoms with Gasteiger partial charge >= 0.3 is 0 Å². The fourth-order valence-electron chi connectivity index (χ4n) is 3.21. The Labute approximate surface area is 124 Å². The summed E-state index contributed by atoms with van der Waals surface area (Å²) in [5, 5.41) is 0. The lowest BCUT2D eigenvalue weighted by molar-refractivity contribution is -0.129. The van der Waals surface area contributed by atoms with Gasteiger partial charge < -0.3 is 15.2 Å². The van der Waals surface area contributed by atoms with E-state index in [2.05, 4.69) is 20.3 Å². The average molecular weight is 290 g/mol. The lowest BCUT2D eigenvalue weighted by Gasteiger charge is -2.38. The Hall–Kier alpha value is -1.89. The topological polar surface area (TPSA) is 87.4 Å². The first-order valence-electron chi connectivity index (χ1n) is 7.52. The maximum absolute atomic E-state index is 11.8. The van der Waals surface area contributed by atoms with Crippen molar-refractivity contribution < 1.29 is 4.79 Å². The van der Waals surface area contributed by atoms with E-state index in [1.807, 2.05) is 18.7 Å². The SMILES string of the molecule is CCc1nc(NN)c(C)c(N2CCN3C(=O)CCC3C2)n1. The molecular formula is C14H22N6O. The first-order valence-corrected chi connectivity index (χ1v) is 7.52. The minimum atomic E-state index is 0.289. The van der Waals surface area contributed by atoms with E-state index in [0.29, 0.717) is 18.3 Å². The molecule has 7 heteroatoms. The van der Waals surface area contributed by atoms with Crippen molar-refractivity contribution in [3.8, 4) is 0 Å². The zero-order chi connectivity index (χ0) is 15.0. The largest absolute Gasteiger partial charge is 0.352 e. The van der Waals surface area contributed by atoms with E-state index in [4.69, 9.17) is 5.84 Å². The molecule has 1 unspecified atom stereocenters. The number of aryl methyl sites for hydroxylation is 1. The molecule has 0 aromatic carbocycles. The third kappa shape index (κ3) is 2.42. The molecule has 21 heavy (non-hydrogen) atoms. The maximum atomic E-state index is 11.8. The van der Waals surface area contributed by atoms with Crippen LogP contribution >= 0.6 is 0 Å². The molecule has 0 bridgehead atoms. The van der Waals surface area contributed by atoms with E-state index in [0.717, 1.165) is 49.7 Å². The molecule has 3 heterocycles. The van der Waals surface area contributed by atoms with Crippen LogP contribution in [0.3, 0.4) is 0 Å². The highest BCUT2D eigenvalue weighted by Crippen LogP contribution is 2.29. The third-order valence-electron chi connectivity index (χ3n) is 4.41. The number of nitrogens with two attached hydrogens (primary N) is 1. The van der Waals surface area contributed by atoms with Gasteiger partial charge in [-0.1, -0.05) is 6.92 Å². The molecule has 3 N–H and O–H groups in total. The molecule has 1 aromatic rings. The number of nitrogens with one attached hydrogen (secondary N) is 1. The predicted octanol–water partition coefficient (Wildman–Crippen LogP) is 0.444. The molecule has 0 radical (unpaired) electrons. The summed E-state index contributed by atoms with van der Waals surface area (Å²) in [6, 6.07) is 0.319. The van der Waals surface area contributed by atoms with Crippen molar-refractivity contribution in [2.75, 3.05) is 30.0 Å². The molecule has 1 amide bonds. The van der Waals surface area contributed by atoms with Gasteiger partial charge in [0.25, 0.3) is 0 Å². The zero-order valence-electron chi connectivity index (χ0n) is 12.6. The predicted molar refractivity (Wildman–Crippen MR) is 80.9 cm³/mol. The number of amides is 1. The summed E-state index contributed by atoms with van der Waals surface area (Å²) in [5.74, 6) is 8.26. The summed E-state index contributed by atoms with van der Waals surface area (Å²) in [5.41, 5.74) is 3.63. The third-order valence-corrected chi connectivity index (χ3v) is 4.41. The molecule has 7 nitrogen and oxygen atoms in total. The van der Waals surface area contributed by atoms with Crippen LogP contribution in [-0.2, 0) is 11.2 Å². The lowest BCUT2D eigenvalue weighted by atomic mass is 10.1. The fraction of sp³-hybridized carbons (Fsp3) is 0.643. The molecule has 0 spiro atoms. The minimum Gasteiger partial charge on any atom is -0.352 e. The fourth-order valence-corrected chi connectivity index (χ4v) is 3.21. The Morgan fingerprint density at radius 3 is 2.90 bits per heavy atom. The molecule has 2 aliphatic rings. The summed E-state index contributed by atoms with van der Waals surface area (Å²) in [4.78, 5) is 25.1. The van der Waals surface area contributed by atoms with Crippen LogP contribution in [0.5, 0.6) is 0 Å². The Kier molecular flexibility index (Phi) is 3.67. The number of hydrazine groups is 1. The van der Waals surface area contributed by atoms with Crippen molar-refractivity contribution in [1.29, 1.82) is 0 Å². The van der Waals surface area contributed by atoms with E-state index >= 15 is 0 Å². The molecule has 0 saturated carbocycles. The van der Waals surface area contributed by atoms with Gasteiger partial charge in [0, 0.05) is 44.1 Å². The molecular weight excluding hydrogens is 268 g/mol. The molecule has 2 fully saturated rings. The van der Waals surface area contributed by atoms with Crippen molar-refractivity contribution in [2.24, 2.45) is 5.84 Å². The van der Waals surface area contributed by atoms with E-state index in [1.54, 1.807) is 0 Å². The van der Waals surface area contributed by atoms with E-state index in [9.17, 15) is 4.79 Å². The van der Waals surface area contributed by atoms with Crippen molar-refractivity contribution in [3.63, 3.8) is 0 Å². The monoisotopic (exact) mass is 290 g/mol. The molecule has 3 rings (SSSR count). The first-order chi connectivity index (χ1) is 10.1. The van der Waals surface area contributed by atoms with Crippen LogP contribution in [0.2, 0.25) is 0 Å². The van der Waals surface area contributed by atoms with E-state index < -0.39 is 0 Å². The Morgan fingerprint density at radius 2 is 2.19 bits per heavy atom. The number of aromatic nitrogens is 2. The first kappa shape index (κ1) is 14.1. The van der Waals surface area contributed by atoms with Gasteiger partial charge in [0.1, 0.15) is 17.5 Å². The number of nitrogen functional groups attached to an aromatic ring is 1. The minimum absolute atomic E-state index is 0.289. The standard InChI is InChI=1S/C14H22N6O/c1-3-11-16-13(18-15)9(2)14(17-11)19-6-7-20-10(8-19)4-5-12(20)21/h10H,3-8,15H2,1-2H3,(H,16,17,18). The van der Waals surface area contributed by atoms with E-state index in [-0.39, 0.29) is 5.91 Å². The van der Waals surface area contributed by atoms with Crippen LogP contribution in [0.4, 0.5) is 11.6 Å². The van der Waals surface area contributed by atoms with Crippen LogP contribution in [0.25, 0.3) is 0 Å². The van der Waals surface area contributed by atoms with Gasteiger partial charge in [-0.25, -0.2) is 15.8 Å². The lowest BCUT2D eigenvalue weighted by Crippen LogP contribution is -2.52.